The average molecular weight is 382 g/mol. The Balaban J connectivity index is 2.11. The van der Waals surface area contributed by atoms with E-state index in [0.717, 1.165) is 11.1 Å². The maximum atomic E-state index is 13.4. The van der Waals surface area contributed by atoms with Gasteiger partial charge in [0.25, 0.3) is 10.0 Å². The summed E-state index contributed by atoms with van der Waals surface area (Å²) in [4.78, 5) is 0.176. The van der Waals surface area contributed by atoms with Crippen molar-refractivity contribution in [3.8, 4) is 5.75 Å². The van der Waals surface area contributed by atoms with Crippen LogP contribution in [0.3, 0.4) is 0 Å². The number of aryl methyl sites for hydroxylation is 1. The minimum absolute atomic E-state index is 0.176. The zero-order valence-electron chi connectivity index (χ0n) is 15.3. The van der Waals surface area contributed by atoms with Gasteiger partial charge in [-0.3, -0.25) is 4.31 Å². The third-order valence-electron chi connectivity index (χ3n) is 4.27. The number of nitrogens with two attached hydrogens (primary N) is 1. The number of hydrogen-bond acceptors (Lipinski definition) is 4. The van der Waals surface area contributed by atoms with E-state index in [1.807, 2.05) is 37.3 Å². The quantitative estimate of drug-likeness (QED) is 0.655. The van der Waals surface area contributed by atoms with Gasteiger partial charge in [-0.1, -0.05) is 42.0 Å². The van der Waals surface area contributed by atoms with Crippen molar-refractivity contribution in [3.05, 3.63) is 83.9 Å². The first-order valence-corrected chi connectivity index (χ1v) is 9.92. The predicted octanol–water partition coefficient (Wildman–Crippen LogP) is 3.98. The van der Waals surface area contributed by atoms with E-state index in [1.165, 1.54) is 23.5 Å². The molecule has 3 aromatic rings. The molecule has 0 fully saturated rings. The Morgan fingerprint density at radius 1 is 0.926 bits per heavy atom. The first-order chi connectivity index (χ1) is 12.9. The standard InChI is InChI=1S/C21H22N2O3S/c1-16-7-9-17(10-8-16)15-23(20-5-3-4-6-21(20)26-2)27(24,25)19-13-11-18(22)12-14-19/h3-14H,15,22H2,1-2H3. The molecule has 0 heterocycles. The Morgan fingerprint density at radius 2 is 1.56 bits per heavy atom. The van der Waals surface area contributed by atoms with E-state index in [-0.39, 0.29) is 11.4 Å². The molecule has 5 nitrogen and oxygen atoms in total. The van der Waals surface area contributed by atoms with Gasteiger partial charge in [-0.25, -0.2) is 8.42 Å². The number of methoxy groups -OCH3 is 1. The van der Waals surface area contributed by atoms with Crippen molar-refractivity contribution in [1.29, 1.82) is 0 Å². The van der Waals surface area contributed by atoms with Crippen LogP contribution in [0.5, 0.6) is 5.75 Å². The van der Waals surface area contributed by atoms with Gasteiger partial charge in [-0.05, 0) is 48.9 Å². The number of nitrogens with zero attached hydrogens (tertiary/aromatic N) is 1. The summed E-state index contributed by atoms with van der Waals surface area (Å²) < 4.78 is 33.6. The highest BCUT2D eigenvalue weighted by Gasteiger charge is 2.27. The van der Waals surface area contributed by atoms with Gasteiger partial charge in [-0.15, -0.1) is 0 Å². The van der Waals surface area contributed by atoms with Gasteiger partial charge in [0, 0.05) is 5.69 Å². The lowest BCUT2D eigenvalue weighted by molar-refractivity contribution is 0.415. The fourth-order valence-corrected chi connectivity index (χ4v) is 4.23. The molecule has 0 saturated heterocycles. The van der Waals surface area contributed by atoms with Crippen LogP contribution in [0.25, 0.3) is 0 Å². The summed E-state index contributed by atoms with van der Waals surface area (Å²) in [7, 11) is -2.29. The van der Waals surface area contributed by atoms with Gasteiger partial charge in [0.15, 0.2) is 0 Å². The molecule has 0 aromatic heterocycles. The van der Waals surface area contributed by atoms with Crippen molar-refractivity contribution in [1.82, 2.24) is 0 Å². The van der Waals surface area contributed by atoms with Crippen LogP contribution in [-0.4, -0.2) is 15.5 Å². The molecular weight excluding hydrogens is 360 g/mol. The SMILES string of the molecule is COc1ccccc1N(Cc1ccc(C)cc1)S(=O)(=O)c1ccc(N)cc1. The van der Waals surface area contributed by atoms with E-state index in [2.05, 4.69) is 0 Å². The fourth-order valence-electron chi connectivity index (χ4n) is 2.76. The molecule has 0 amide bonds. The maximum Gasteiger partial charge on any atom is 0.264 e. The molecule has 0 radical (unpaired) electrons. The molecule has 0 bridgehead atoms. The summed E-state index contributed by atoms with van der Waals surface area (Å²) in [5, 5.41) is 0. The third kappa shape index (κ3) is 4.06. The van der Waals surface area contributed by atoms with E-state index < -0.39 is 10.0 Å². The second kappa shape index (κ2) is 7.72. The summed E-state index contributed by atoms with van der Waals surface area (Å²) in [5.41, 5.74) is 8.70. The summed E-state index contributed by atoms with van der Waals surface area (Å²) in [6.07, 6.45) is 0. The lowest BCUT2D eigenvalue weighted by Crippen LogP contribution is -2.31. The van der Waals surface area contributed by atoms with Gasteiger partial charge < -0.3 is 10.5 Å². The van der Waals surface area contributed by atoms with Crippen LogP contribution in [-0.2, 0) is 16.6 Å². The normalized spacial score (nSPS) is 11.2. The molecule has 0 saturated carbocycles. The highest BCUT2D eigenvalue weighted by Crippen LogP contribution is 2.33. The Kier molecular flexibility index (Phi) is 5.37. The van der Waals surface area contributed by atoms with Crippen LogP contribution in [0.1, 0.15) is 11.1 Å². The number of benzene rings is 3. The summed E-state index contributed by atoms with van der Waals surface area (Å²) in [6, 6.07) is 21.1. The number of ether oxygens (including phenoxy) is 1. The van der Waals surface area contributed by atoms with Gasteiger partial charge in [0.05, 0.1) is 24.2 Å². The molecule has 27 heavy (non-hydrogen) atoms. The Labute approximate surface area is 160 Å². The van der Waals surface area contributed by atoms with E-state index in [1.54, 1.807) is 30.3 Å². The summed E-state index contributed by atoms with van der Waals surface area (Å²) in [6.45, 7) is 2.18. The number of para-hydroxylation sites is 2. The highest BCUT2D eigenvalue weighted by molar-refractivity contribution is 7.92. The van der Waals surface area contributed by atoms with E-state index in [9.17, 15) is 8.42 Å². The lowest BCUT2D eigenvalue weighted by atomic mass is 10.1. The van der Waals surface area contributed by atoms with Crippen molar-refractivity contribution < 1.29 is 13.2 Å². The highest BCUT2D eigenvalue weighted by atomic mass is 32.2. The second-order valence-electron chi connectivity index (χ2n) is 6.24. The molecule has 0 aliphatic rings. The number of sulfonamides is 1. The van der Waals surface area contributed by atoms with Crippen LogP contribution in [0, 0.1) is 6.92 Å². The first kappa shape index (κ1) is 18.8. The molecule has 0 aliphatic heterocycles. The molecular formula is C21H22N2O3S. The van der Waals surface area contributed by atoms with Crippen molar-refractivity contribution >= 4 is 21.4 Å². The summed E-state index contributed by atoms with van der Waals surface area (Å²) >= 11 is 0. The molecule has 0 aliphatic carbocycles. The minimum Gasteiger partial charge on any atom is -0.495 e. The molecule has 0 unspecified atom stereocenters. The van der Waals surface area contributed by atoms with Crippen LogP contribution < -0.4 is 14.8 Å². The largest absolute Gasteiger partial charge is 0.495 e. The molecule has 6 heteroatoms. The monoisotopic (exact) mass is 382 g/mol. The Hall–Kier alpha value is -2.99. The van der Waals surface area contributed by atoms with Crippen LogP contribution >= 0.6 is 0 Å². The molecule has 0 spiro atoms. The van der Waals surface area contributed by atoms with Crippen molar-refractivity contribution in [2.75, 3.05) is 17.1 Å². The number of nitrogen functional groups attached to an aromatic ring is 1. The first-order valence-electron chi connectivity index (χ1n) is 8.48. The van der Waals surface area contributed by atoms with E-state index in [4.69, 9.17) is 10.5 Å². The number of hydrogen-bond donors (Lipinski definition) is 1. The fraction of sp³-hybridized carbons (Fsp3) is 0.143. The van der Waals surface area contributed by atoms with Crippen molar-refractivity contribution in [2.45, 2.75) is 18.4 Å². The molecule has 140 valence electrons. The minimum atomic E-state index is -3.81. The van der Waals surface area contributed by atoms with Gasteiger partial charge in [0.1, 0.15) is 5.75 Å². The maximum absolute atomic E-state index is 13.4. The van der Waals surface area contributed by atoms with Crippen molar-refractivity contribution in [3.63, 3.8) is 0 Å². The number of anilines is 2. The zero-order valence-corrected chi connectivity index (χ0v) is 16.1. The van der Waals surface area contributed by atoms with E-state index in [0.29, 0.717) is 17.1 Å². The lowest BCUT2D eigenvalue weighted by Gasteiger charge is -2.26. The molecule has 2 N–H and O–H groups in total. The summed E-state index contributed by atoms with van der Waals surface area (Å²) in [5.74, 6) is 0.489. The topological polar surface area (TPSA) is 72.6 Å². The number of rotatable bonds is 6. The third-order valence-corrected chi connectivity index (χ3v) is 6.04. The van der Waals surface area contributed by atoms with Gasteiger partial charge in [-0.2, -0.15) is 0 Å². The predicted molar refractivity (Wildman–Crippen MR) is 108 cm³/mol. The zero-order chi connectivity index (χ0) is 19.4. The molecule has 3 aromatic carbocycles. The van der Waals surface area contributed by atoms with Gasteiger partial charge in [0.2, 0.25) is 0 Å². The Bertz CT molecular complexity index is 1010. The molecule has 0 atom stereocenters. The van der Waals surface area contributed by atoms with Crippen LogP contribution in [0.15, 0.2) is 77.7 Å². The van der Waals surface area contributed by atoms with Crippen molar-refractivity contribution in [2.24, 2.45) is 0 Å². The second-order valence-corrected chi connectivity index (χ2v) is 8.10. The van der Waals surface area contributed by atoms with Gasteiger partial charge >= 0.3 is 0 Å². The van der Waals surface area contributed by atoms with E-state index >= 15 is 0 Å². The smallest absolute Gasteiger partial charge is 0.264 e. The van der Waals surface area contributed by atoms with Crippen LogP contribution in [0.2, 0.25) is 0 Å². The van der Waals surface area contributed by atoms with Crippen LogP contribution in [0.4, 0.5) is 11.4 Å². The Morgan fingerprint density at radius 3 is 2.19 bits per heavy atom. The molecule has 3 rings (SSSR count). The average Bonchev–Trinajstić information content (AvgIpc) is 2.67.